The van der Waals surface area contributed by atoms with Crippen molar-refractivity contribution >= 4 is 28.9 Å². The van der Waals surface area contributed by atoms with E-state index in [1.54, 1.807) is 22.7 Å². The summed E-state index contributed by atoms with van der Waals surface area (Å²) in [6.07, 6.45) is 9.47. The Morgan fingerprint density at radius 3 is 2.78 bits per heavy atom. The smallest absolute Gasteiger partial charge is 0.206 e. The van der Waals surface area contributed by atoms with Crippen molar-refractivity contribution < 1.29 is 0 Å². The fourth-order valence-electron chi connectivity index (χ4n) is 2.80. The van der Waals surface area contributed by atoms with Crippen molar-refractivity contribution in [2.45, 2.75) is 58.4 Å². The van der Waals surface area contributed by atoms with Crippen molar-refractivity contribution in [3.8, 4) is 10.6 Å². The second-order valence-corrected chi connectivity index (χ2v) is 8.33. The predicted molar refractivity (Wildman–Crippen MR) is 101 cm³/mol. The molecule has 0 radical (unpaired) electrons. The van der Waals surface area contributed by atoms with E-state index in [-0.39, 0.29) is 0 Å². The molecule has 1 fully saturated rings. The molecule has 2 aromatic rings. The van der Waals surface area contributed by atoms with Crippen LogP contribution in [0.3, 0.4) is 0 Å². The molecule has 0 unspecified atom stereocenters. The van der Waals surface area contributed by atoms with Gasteiger partial charge < -0.3 is 0 Å². The van der Waals surface area contributed by atoms with Gasteiger partial charge in [0.1, 0.15) is 0 Å². The van der Waals surface area contributed by atoms with E-state index in [1.807, 2.05) is 10.9 Å². The summed E-state index contributed by atoms with van der Waals surface area (Å²) in [6.45, 7) is 4.44. The SMILES string of the molecule is CC(C)CC=Nn1c(-c2cccs2)csc1=NC1CCCCC1. The lowest BCUT2D eigenvalue weighted by molar-refractivity contribution is 0.435. The summed E-state index contributed by atoms with van der Waals surface area (Å²) in [5, 5.41) is 9.06. The van der Waals surface area contributed by atoms with Crippen LogP contribution in [-0.4, -0.2) is 16.9 Å². The largest absolute Gasteiger partial charge is 0.254 e. The minimum absolute atomic E-state index is 0.477. The zero-order chi connectivity index (χ0) is 16.1. The Morgan fingerprint density at radius 2 is 2.09 bits per heavy atom. The van der Waals surface area contributed by atoms with Gasteiger partial charge >= 0.3 is 0 Å². The Balaban J connectivity index is 1.95. The fraction of sp³-hybridized carbons (Fsp3) is 0.556. The van der Waals surface area contributed by atoms with Gasteiger partial charge in [-0.1, -0.05) is 39.2 Å². The van der Waals surface area contributed by atoms with Crippen LogP contribution in [0.25, 0.3) is 10.6 Å². The van der Waals surface area contributed by atoms with Crippen LogP contribution in [0.5, 0.6) is 0 Å². The zero-order valence-electron chi connectivity index (χ0n) is 13.9. The Hall–Kier alpha value is -1.20. The monoisotopic (exact) mass is 347 g/mol. The molecule has 3 nitrogen and oxygen atoms in total. The number of hydrogen-bond donors (Lipinski definition) is 0. The van der Waals surface area contributed by atoms with Crippen LogP contribution in [-0.2, 0) is 0 Å². The van der Waals surface area contributed by atoms with Gasteiger partial charge in [-0.25, -0.2) is 4.68 Å². The van der Waals surface area contributed by atoms with E-state index in [9.17, 15) is 0 Å². The standard InChI is InChI=1S/C18H25N3S2/c1-14(2)10-11-19-21-16(17-9-6-12-22-17)13-23-18(21)20-15-7-4-3-5-8-15/h6,9,11-15H,3-5,7-8,10H2,1-2H3. The van der Waals surface area contributed by atoms with Gasteiger partial charge in [-0.2, -0.15) is 5.10 Å². The van der Waals surface area contributed by atoms with E-state index in [4.69, 9.17) is 10.1 Å². The molecule has 3 rings (SSSR count). The first-order chi connectivity index (χ1) is 11.2. The minimum Gasteiger partial charge on any atom is -0.254 e. The third-order valence-corrected chi connectivity index (χ3v) is 5.82. The summed E-state index contributed by atoms with van der Waals surface area (Å²) in [6, 6.07) is 4.73. The van der Waals surface area contributed by atoms with Crippen molar-refractivity contribution in [1.82, 2.24) is 4.68 Å². The van der Waals surface area contributed by atoms with Crippen LogP contribution >= 0.6 is 22.7 Å². The first-order valence-electron chi connectivity index (χ1n) is 8.55. The lowest BCUT2D eigenvalue weighted by atomic mass is 9.96. The summed E-state index contributed by atoms with van der Waals surface area (Å²) in [5.74, 6) is 0.627. The topological polar surface area (TPSA) is 29.6 Å². The number of thiophene rings is 1. The second kappa shape index (κ2) is 8.06. The summed E-state index contributed by atoms with van der Waals surface area (Å²) in [5.41, 5.74) is 1.17. The Bertz CT molecular complexity index is 686. The van der Waals surface area contributed by atoms with Crippen LogP contribution in [0.2, 0.25) is 0 Å². The third-order valence-electron chi connectivity index (χ3n) is 4.10. The summed E-state index contributed by atoms with van der Waals surface area (Å²) < 4.78 is 2.05. The van der Waals surface area contributed by atoms with Gasteiger partial charge in [0, 0.05) is 11.6 Å². The van der Waals surface area contributed by atoms with Crippen LogP contribution in [0.15, 0.2) is 33.0 Å². The number of rotatable bonds is 5. The Kier molecular flexibility index (Phi) is 5.84. The zero-order valence-corrected chi connectivity index (χ0v) is 15.6. The van der Waals surface area contributed by atoms with Gasteiger partial charge in [-0.05, 0) is 36.6 Å². The van der Waals surface area contributed by atoms with Crippen LogP contribution in [0.1, 0.15) is 52.4 Å². The molecule has 2 heterocycles. The second-order valence-electron chi connectivity index (χ2n) is 6.54. The molecule has 0 atom stereocenters. The highest BCUT2D eigenvalue weighted by Crippen LogP contribution is 2.26. The van der Waals surface area contributed by atoms with Gasteiger partial charge in [-0.3, -0.25) is 4.99 Å². The average Bonchev–Trinajstić information content (AvgIpc) is 3.18. The average molecular weight is 348 g/mol. The van der Waals surface area contributed by atoms with Crippen molar-refractivity contribution in [3.63, 3.8) is 0 Å². The van der Waals surface area contributed by atoms with Gasteiger partial charge in [0.25, 0.3) is 0 Å². The first kappa shape index (κ1) is 16.7. The van der Waals surface area contributed by atoms with Gasteiger partial charge in [-0.15, -0.1) is 22.7 Å². The summed E-state index contributed by atoms with van der Waals surface area (Å²) >= 11 is 3.48. The van der Waals surface area contributed by atoms with Crippen molar-refractivity contribution in [3.05, 3.63) is 27.7 Å². The van der Waals surface area contributed by atoms with Crippen LogP contribution in [0.4, 0.5) is 0 Å². The first-order valence-corrected chi connectivity index (χ1v) is 10.3. The molecule has 0 N–H and O–H groups in total. The molecule has 0 bridgehead atoms. The maximum Gasteiger partial charge on any atom is 0.206 e. The van der Waals surface area contributed by atoms with Gasteiger partial charge in [0.15, 0.2) is 0 Å². The van der Waals surface area contributed by atoms with E-state index in [0.717, 1.165) is 11.2 Å². The third kappa shape index (κ3) is 4.42. The molecular formula is C18H25N3S2. The minimum atomic E-state index is 0.477. The van der Waals surface area contributed by atoms with Gasteiger partial charge in [0.2, 0.25) is 4.80 Å². The Labute approximate surface area is 146 Å². The van der Waals surface area contributed by atoms with Crippen LogP contribution < -0.4 is 4.80 Å². The number of thiazole rings is 1. The number of hydrogen-bond acceptors (Lipinski definition) is 4. The quantitative estimate of drug-likeness (QED) is 0.649. The fourth-order valence-corrected chi connectivity index (χ4v) is 4.50. The lowest BCUT2D eigenvalue weighted by Crippen LogP contribution is -2.18. The molecule has 0 aliphatic heterocycles. The molecular weight excluding hydrogens is 322 g/mol. The Morgan fingerprint density at radius 1 is 1.26 bits per heavy atom. The molecule has 23 heavy (non-hydrogen) atoms. The molecule has 5 heteroatoms. The molecule has 0 amide bonds. The van der Waals surface area contributed by atoms with E-state index < -0.39 is 0 Å². The van der Waals surface area contributed by atoms with Crippen molar-refractivity contribution in [1.29, 1.82) is 0 Å². The number of nitrogens with zero attached hydrogens (tertiary/aromatic N) is 3. The summed E-state index contributed by atoms with van der Waals surface area (Å²) in [4.78, 5) is 7.32. The van der Waals surface area contributed by atoms with Crippen molar-refractivity contribution in [2.75, 3.05) is 0 Å². The molecule has 0 spiro atoms. The van der Waals surface area contributed by atoms with Crippen LogP contribution in [0, 0.1) is 5.92 Å². The number of aromatic nitrogens is 1. The van der Waals surface area contributed by atoms with E-state index in [1.165, 1.54) is 42.7 Å². The maximum atomic E-state index is 5.02. The normalized spacial score (nSPS) is 17.6. The molecule has 0 aromatic carbocycles. The van der Waals surface area contributed by atoms with E-state index in [2.05, 4.69) is 36.7 Å². The highest BCUT2D eigenvalue weighted by molar-refractivity contribution is 7.14. The molecule has 2 aromatic heterocycles. The van der Waals surface area contributed by atoms with Crippen molar-refractivity contribution in [2.24, 2.45) is 16.0 Å². The highest BCUT2D eigenvalue weighted by atomic mass is 32.1. The predicted octanol–water partition coefficient (Wildman–Crippen LogP) is 5.39. The molecule has 1 saturated carbocycles. The highest BCUT2D eigenvalue weighted by Gasteiger charge is 2.14. The maximum absolute atomic E-state index is 5.02. The summed E-state index contributed by atoms with van der Waals surface area (Å²) in [7, 11) is 0. The van der Waals surface area contributed by atoms with Gasteiger partial charge in [0.05, 0.1) is 16.6 Å². The molecule has 1 aliphatic carbocycles. The molecule has 1 aliphatic rings. The molecule has 124 valence electrons. The van der Waals surface area contributed by atoms with E-state index in [0.29, 0.717) is 12.0 Å². The van der Waals surface area contributed by atoms with E-state index >= 15 is 0 Å². The molecule has 0 saturated heterocycles. The lowest BCUT2D eigenvalue weighted by Gasteiger charge is -2.16.